The first-order chi connectivity index (χ1) is 6.60. The Morgan fingerprint density at radius 2 is 2.29 bits per heavy atom. The summed E-state index contributed by atoms with van der Waals surface area (Å²) in [6, 6.07) is 3.73. The number of esters is 1. The van der Waals surface area contributed by atoms with Crippen molar-refractivity contribution in [1.82, 2.24) is 0 Å². The maximum absolute atomic E-state index is 13.1. The van der Waals surface area contributed by atoms with Gasteiger partial charge in [-0.1, -0.05) is 11.6 Å². The summed E-state index contributed by atoms with van der Waals surface area (Å²) in [4.78, 5) is 11.1. The molecule has 1 aromatic carbocycles. The van der Waals surface area contributed by atoms with Gasteiger partial charge in [0.2, 0.25) is 0 Å². The highest BCUT2D eigenvalue weighted by atomic mass is 35.5. The van der Waals surface area contributed by atoms with Crippen molar-refractivity contribution in [2.45, 2.75) is 0 Å². The van der Waals surface area contributed by atoms with Gasteiger partial charge in [0.25, 0.3) is 0 Å². The summed E-state index contributed by atoms with van der Waals surface area (Å²) in [7, 11) is 1.14. The summed E-state index contributed by atoms with van der Waals surface area (Å²) >= 11 is 5.52. The number of nitriles is 1. The quantitative estimate of drug-likeness (QED) is 0.672. The summed E-state index contributed by atoms with van der Waals surface area (Å²) in [6.45, 7) is 0. The highest BCUT2D eigenvalue weighted by Crippen LogP contribution is 2.20. The van der Waals surface area contributed by atoms with Crippen LogP contribution in [0, 0.1) is 17.1 Å². The lowest BCUT2D eigenvalue weighted by Crippen LogP contribution is -2.05. The van der Waals surface area contributed by atoms with Gasteiger partial charge in [0.05, 0.1) is 12.7 Å². The Kier molecular flexibility index (Phi) is 3.05. The molecule has 0 saturated heterocycles. The number of hydrogen-bond acceptors (Lipinski definition) is 3. The Balaban J connectivity index is 3.41. The number of rotatable bonds is 1. The van der Waals surface area contributed by atoms with Crippen LogP contribution in [0.1, 0.15) is 15.9 Å². The van der Waals surface area contributed by atoms with Gasteiger partial charge < -0.3 is 4.74 Å². The molecule has 0 aliphatic heterocycles. The minimum absolute atomic E-state index is 0.0434. The average molecular weight is 214 g/mol. The second-order valence-electron chi connectivity index (χ2n) is 2.41. The van der Waals surface area contributed by atoms with E-state index in [1.165, 1.54) is 6.07 Å². The molecule has 0 amide bonds. The van der Waals surface area contributed by atoms with Crippen LogP contribution in [0.2, 0.25) is 5.02 Å². The van der Waals surface area contributed by atoms with E-state index in [1.54, 1.807) is 6.07 Å². The van der Waals surface area contributed by atoms with Crippen molar-refractivity contribution >= 4 is 17.6 Å². The fourth-order valence-corrected chi connectivity index (χ4v) is 1.16. The largest absolute Gasteiger partial charge is 0.465 e. The number of ether oxygens (including phenoxy) is 1. The molecule has 0 spiro atoms. The first kappa shape index (κ1) is 10.5. The topological polar surface area (TPSA) is 50.1 Å². The lowest BCUT2D eigenvalue weighted by Gasteiger charge is -2.03. The molecule has 0 N–H and O–H groups in total. The van der Waals surface area contributed by atoms with Gasteiger partial charge in [-0.15, -0.1) is 0 Å². The van der Waals surface area contributed by atoms with E-state index >= 15 is 0 Å². The van der Waals surface area contributed by atoms with E-state index in [2.05, 4.69) is 4.74 Å². The molecule has 3 nitrogen and oxygen atoms in total. The molecule has 14 heavy (non-hydrogen) atoms. The molecule has 0 aliphatic rings. The van der Waals surface area contributed by atoms with Crippen LogP contribution in [0.4, 0.5) is 4.39 Å². The third-order valence-electron chi connectivity index (χ3n) is 1.57. The van der Waals surface area contributed by atoms with Gasteiger partial charge >= 0.3 is 5.97 Å². The molecule has 1 rings (SSSR count). The molecule has 0 atom stereocenters. The Bertz CT molecular complexity index is 426. The maximum atomic E-state index is 13.1. The van der Waals surface area contributed by atoms with Crippen LogP contribution in [0.5, 0.6) is 0 Å². The third kappa shape index (κ3) is 1.83. The van der Waals surface area contributed by atoms with Crippen LogP contribution < -0.4 is 0 Å². The van der Waals surface area contributed by atoms with Crippen molar-refractivity contribution in [2.24, 2.45) is 0 Å². The molecule has 0 aliphatic carbocycles. The Morgan fingerprint density at radius 1 is 1.64 bits per heavy atom. The van der Waals surface area contributed by atoms with Gasteiger partial charge in [0.1, 0.15) is 17.4 Å². The number of carbonyl (C=O) groups excluding carboxylic acids is 1. The zero-order valence-electron chi connectivity index (χ0n) is 7.17. The second kappa shape index (κ2) is 4.07. The zero-order valence-corrected chi connectivity index (χ0v) is 7.93. The Morgan fingerprint density at radius 3 is 2.79 bits per heavy atom. The van der Waals surface area contributed by atoms with Crippen LogP contribution in [-0.2, 0) is 4.74 Å². The standard InChI is InChI=1S/C9H5ClFNO2/c1-14-9(13)6-2-5(10)3-8(11)7(6)4-12/h2-3H,1H3. The summed E-state index contributed by atoms with van der Waals surface area (Å²) < 4.78 is 17.5. The van der Waals surface area contributed by atoms with Gasteiger partial charge in [-0.2, -0.15) is 5.26 Å². The lowest BCUT2D eigenvalue weighted by atomic mass is 10.1. The van der Waals surface area contributed by atoms with Crippen molar-refractivity contribution in [3.63, 3.8) is 0 Å². The molecule has 0 aromatic heterocycles. The Labute approximate surface area is 84.7 Å². The van der Waals surface area contributed by atoms with Crippen molar-refractivity contribution in [1.29, 1.82) is 5.26 Å². The van der Waals surface area contributed by atoms with E-state index in [9.17, 15) is 9.18 Å². The highest BCUT2D eigenvalue weighted by Gasteiger charge is 2.16. The number of nitrogens with zero attached hydrogens (tertiary/aromatic N) is 1. The number of hydrogen-bond donors (Lipinski definition) is 0. The zero-order chi connectivity index (χ0) is 10.7. The summed E-state index contributed by atoms with van der Waals surface area (Å²) in [6.07, 6.45) is 0. The molecule has 5 heteroatoms. The molecule has 72 valence electrons. The van der Waals surface area contributed by atoms with E-state index in [4.69, 9.17) is 16.9 Å². The third-order valence-corrected chi connectivity index (χ3v) is 1.79. The first-order valence-corrected chi connectivity index (χ1v) is 3.95. The summed E-state index contributed by atoms with van der Waals surface area (Å²) in [5.74, 6) is -1.62. The van der Waals surface area contributed by atoms with Gasteiger partial charge in [-0.25, -0.2) is 9.18 Å². The lowest BCUT2D eigenvalue weighted by molar-refractivity contribution is 0.0600. The minimum atomic E-state index is -0.833. The predicted octanol–water partition coefficient (Wildman–Crippen LogP) is 2.14. The van der Waals surface area contributed by atoms with Crippen molar-refractivity contribution in [3.8, 4) is 6.07 Å². The number of methoxy groups -OCH3 is 1. The van der Waals surface area contributed by atoms with Crippen LogP contribution in [0.3, 0.4) is 0 Å². The van der Waals surface area contributed by atoms with Crippen LogP contribution >= 0.6 is 11.6 Å². The van der Waals surface area contributed by atoms with Gasteiger partial charge in [-0.05, 0) is 12.1 Å². The van der Waals surface area contributed by atoms with Crippen molar-refractivity contribution < 1.29 is 13.9 Å². The van der Waals surface area contributed by atoms with E-state index in [1.807, 2.05) is 0 Å². The average Bonchev–Trinajstić information content (AvgIpc) is 2.15. The molecular formula is C9H5ClFNO2. The molecule has 0 unspecified atom stereocenters. The molecule has 0 saturated carbocycles. The fourth-order valence-electron chi connectivity index (χ4n) is 0.958. The first-order valence-electron chi connectivity index (χ1n) is 3.57. The molecule has 0 radical (unpaired) electrons. The van der Waals surface area contributed by atoms with E-state index in [0.717, 1.165) is 13.2 Å². The molecule has 0 bridgehead atoms. The number of carbonyl (C=O) groups is 1. The predicted molar refractivity (Wildman–Crippen MR) is 47.5 cm³/mol. The Hall–Kier alpha value is -1.60. The molecule has 1 aromatic rings. The summed E-state index contributed by atoms with van der Waals surface area (Å²) in [5.41, 5.74) is -0.527. The second-order valence-corrected chi connectivity index (χ2v) is 2.85. The van der Waals surface area contributed by atoms with E-state index in [0.29, 0.717) is 0 Å². The minimum Gasteiger partial charge on any atom is -0.465 e. The van der Waals surface area contributed by atoms with Gasteiger partial charge in [0.15, 0.2) is 0 Å². The van der Waals surface area contributed by atoms with Crippen LogP contribution in [-0.4, -0.2) is 13.1 Å². The van der Waals surface area contributed by atoms with Crippen molar-refractivity contribution in [3.05, 3.63) is 34.1 Å². The highest BCUT2D eigenvalue weighted by molar-refractivity contribution is 6.31. The van der Waals surface area contributed by atoms with E-state index < -0.39 is 11.8 Å². The fraction of sp³-hybridized carbons (Fsp3) is 0.111. The van der Waals surface area contributed by atoms with Crippen LogP contribution in [0.25, 0.3) is 0 Å². The van der Waals surface area contributed by atoms with Gasteiger partial charge in [0, 0.05) is 5.02 Å². The number of halogens is 2. The van der Waals surface area contributed by atoms with Crippen molar-refractivity contribution in [2.75, 3.05) is 7.11 Å². The van der Waals surface area contributed by atoms with Gasteiger partial charge in [-0.3, -0.25) is 0 Å². The molecular weight excluding hydrogens is 209 g/mol. The monoisotopic (exact) mass is 213 g/mol. The maximum Gasteiger partial charge on any atom is 0.339 e. The van der Waals surface area contributed by atoms with Crippen LogP contribution in [0.15, 0.2) is 12.1 Å². The normalized spacial score (nSPS) is 9.29. The van der Waals surface area contributed by atoms with E-state index in [-0.39, 0.29) is 16.1 Å². The summed E-state index contributed by atoms with van der Waals surface area (Å²) in [5, 5.41) is 8.64. The SMILES string of the molecule is COC(=O)c1cc(Cl)cc(F)c1C#N. The molecule has 0 heterocycles. The smallest absolute Gasteiger partial charge is 0.339 e. The molecule has 0 fully saturated rings. The number of benzene rings is 1.